The number of nitro benzene ring substituents is 1. The van der Waals surface area contributed by atoms with E-state index in [9.17, 15) is 14.9 Å². The number of hydrogen-bond donors (Lipinski definition) is 2. The minimum absolute atomic E-state index is 0.0396. The fourth-order valence-corrected chi connectivity index (χ4v) is 1.75. The topological polar surface area (TPSA) is 84.3 Å². The number of rotatable bonds is 7. The van der Waals surface area contributed by atoms with E-state index in [1.165, 1.54) is 25.0 Å². The number of hydrogen-bond acceptors (Lipinski definition) is 4. The molecule has 19 heavy (non-hydrogen) atoms. The summed E-state index contributed by atoms with van der Waals surface area (Å²) in [5.74, 6) is -0.0635. The summed E-state index contributed by atoms with van der Waals surface area (Å²) in [6.07, 6.45) is 2.72. The summed E-state index contributed by atoms with van der Waals surface area (Å²) < 4.78 is 0. The summed E-state index contributed by atoms with van der Waals surface area (Å²) in [6, 6.07) is 6.70. The van der Waals surface area contributed by atoms with Crippen LogP contribution in [-0.4, -0.2) is 30.0 Å². The molecule has 6 heteroatoms. The summed E-state index contributed by atoms with van der Waals surface area (Å²) >= 11 is 0. The lowest BCUT2D eigenvalue weighted by Crippen LogP contribution is -2.33. The van der Waals surface area contributed by atoms with Crippen LogP contribution in [0.1, 0.15) is 18.4 Å². The maximum Gasteiger partial charge on any atom is 0.269 e. The molecule has 1 aliphatic carbocycles. The number of carbonyl (C=O) groups excluding carboxylic acids is 1. The van der Waals surface area contributed by atoms with Gasteiger partial charge in [0, 0.05) is 31.3 Å². The number of amides is 1. The fraction of sp³-hybridized carbons (Fsp3) is 0.462. The number of benzene rings is 1. The molecule has 1 aromatic carbocycles. The van der Waals surface area contributed by atoms with E-state index < -0.39 is 4.92 Å². The van der Waals surface area contributed by atoms with E-state index in [1.54, 1.807) is 12.1 Å². The molecule has 0 saturated heterocycles. The average Bonchev–Trinajstić information content (AvgIpc) is 3.19. The van der Waals surface area contributed by atoms with Crippen LogP contribution in [0.3, 0.4) is 0 Å². The van der Waals surface area contributed by atoms with Crippen molar-refractivity contribution in [2.75, 3.05) is 13.1 Å². The second kappa shape index (κ2) is 6.29. The van der Waals surface area contributed by atoms with Crippen LogP contribution in [0.2, 0.25) is 0 Å². The molecule has 2 rings (SSSR count). The van der Waals surface area contributed by atoms with Gasteiger partial charge in [-0.2, -0.15) is 0 Å². The van der Waals surface area contributed by atoms with Gasteiger partial charge in [-0.15, -0.1) is 0 Å². The molecule has 0 spiro atoms. The standard InChI is InChI=1S/C13H17N3O3/c17-13(15-8-7-14-11-3-4-11)9-10-1-5-12(6-2-10)16(18)19/h1-2,5-6,11,14H,3-4,7-9H2,(H,15,17). The van der Waals surface area contributed by atoms with Crippen molar-refractivity contribution in [3.05, 3.63) is 39.9 Å². The van der Waals surface area contributed by atoms with Gasteiger partial charge >= 0.3 is 0 Å². The first kappa shape index (κ1) is 13.5. The molecule has 1 aromatic rings. The fourth-order valence-electron chi connectivity index (χ4n) is 1.75. The lowest BCUT2D eigenvalue weighted by Gasteiger charge is -2.06. The molecule has 102 valence electrons. The monoisotopic (exact) mass is 263 g/mol. The van der Waals surface area contributed by atoms with Gasteiger partial charge in [0.1, 0.15) is 0 Å². The van der Waals surface area contributed by atoms with Crippen LogP contribution in [0.4, 0.5) is 5.69 Å². The zero-order valence-corrected chi connectivity index (χ0v) is 10.6. The van der Waals surface area contributed by atoms with Crippen molar-refractivity contribution < 1.29 is 9.72 Å². The van der Waals surface area contributed by atoms with Gasteiger partial charge in [-0.25, -0.2) is 0 Å². The molecule has 0 unspecified atom stereocenters. The molecule has 0 bridgehead atoms. The molecule has 1 aliphatic rings. The van der Waals surface area contributed by atoms with Gasteiger partial charge in [-0.05, 0) is 18.4 Å². The Bertz CT molecular complexity index is 455. The highest BCUT2D eigenvalue weighted by molar-refractivity contribution is 5.78. The third kappa shape index (κ3) is 4.67. The maximum atomic E-state index is 11.6. The first-order chi connectivity index (χ1) is 9.15. The first-order valence-corrected chi connectivity index (χ1v) is 6.38. The van der Waals surface area contributed by atoms with Crippen LogP contribution in [0, 0.1) is 10.1 Å². The van der Waals surface area contributed by atoms with Crippen LogP contribution in [0.15, 0.2) is 24.3 Å². The van der Waals surface area contributed by atoms with Crippen molar-refractivity contribution in [3.63, 3.8) is 0 Å². The van der Waals surface area contributed by atoms with Crippen LogP contribution >= 0.6 is 0 Å². The molecule has 0 atom stereocenters. The quantitative estimate of drug-likeness (QED) is 0.437. The van der Waals surface area contributed by atoms with Crippen molar-refractivity contribution in [1.29, 1.82) is 0 Å². The largest absolute Gasteiger partial charge is 0.355 e. The normalized spacial score (nSPS) is 14.1. The minimum atomic E-state index is -0.451. The summed E-state index contributed by atoms with van der Waals surface area (Å²) in [5.41, 5.74) is 0.816. The lowest BCUT2D eigenvalue weighted by atomic mass is 10.1. The summed E-state index contributed by atoms with van der Waals surface area (Å²) in [5, 5.41) is 16.6. The highest BCUT2D eigenvalue weighted by Gasteiger charge is 2.19. The molecule has 6 nitrogen and oxygen atoms in total. The van der Waals surface area contributed by atoms with E-state index in [0.717, 1.165) is 12.1 Å². The number of nitrogens with zero attached hydrogens (tertiary/aromatic N) is 1. The lowest BCUT2D eigenvalue weighted by molar-refractivity contribution is -0.384. The van der Waals surface area contributed by atoms with Crippen molar-refractivity contribution in [2.24, 2.45) is 0 Å². The smallest absolute Gasteiger partial charge is 0.269 e. The summed E-state index contributed by atoms with van der Waals surface area (Å²) in [6.45, 7) is 1.40. The van der Waals surface area contributed by atoms with Crippen molar-refractivity contribution in [2.45, 2.75) is 25.3 Å². The Kier molecular flexibility index (Phi) is 4.46. The Balaban J connectivity index is 1.69. The molecular formula is C13H17N3O3. The molecule has 0 aliphatic heterocycles. The predicted molar refractivity (Wildman–Crippen MR) is 70.8 cm³/mol. The second-order valence-electron chi connectivity index (χ2n) is 4.68. The molecule has 2 N–H and O–H groups in total. The van der Waals surface area contributed by atoms with Crippen LogP contribution < -0.4 is 10.6 Å². The van der Waals surface area contributed by atoms with Gasteiger partial charge in [0.2, 0.25) is 5.91 Å². The molecule has 1 fully saturated rings. The van der Waals surface area contributed by atoms with E-state index >= 15 is 0 Å². The number of carbonyl (C=O) groups is 1. The maximum absolute atomic E-state index is 11.6. The van der Waals surface area contributed by atoms with Gasteiger partial charge in [-0.3, -0.25) is 14.9 Å². The van der Waals surface area contributed by atoms with Crippen LogP contribution in [-0.2, 0) is 11.2 Å². The average molecular weight is 263 g/mol. The zero-order chi connectivity index (χ0) is 13.7. The van der Waals surface area contributed by atoms with Gasteiger partial charge < -0.3 is 10.6 Å². The van der Waals surface area contributed by atoms with E-state index in [-0.39, 0.29) is 18.0 Å². The SMILES string of the molecule is O=C(Cc1ccc([N+](=O)[O-])cc1)NCCNC1CC1. The molecular weight excluding hydrogens is 246 g/mol. The predicted octanol–water partition coefficient (Wildman–Crippen LogP) is 1.01. The molecule has 1 amide bonds. The van der Waals surface area contributed by atoms with E-state index in [4.69, 9.17) is 0 Å². The molecule has 1 saturated carbocycles. The summed E-state index contributed by atoms with van der Waals surface area (Å²) in [7, 11) is 0. The van der Waals surface area contributed by atoms with Gasteiger partial charge in [0.25, 0.3) is 5.69 Å². The Hall–Kier alpha value is -1.95. The number of nitrogens with one attached hydrogen (secondary N) is 2. The minimum Gasteiger partial charge on any atom is -0.355 e. The highest BCUT2D eigenvalue weighted by Crippen LogP contribution is 2.17. The van der Waals surface area contributed by atoms with Crippen LogP contribution in [0.5, 0.6) is 0 Å². The zero-order valence-electron chi connectivity index (χ0n) is 10.6. The highest BCUT2D eigenvalue weighted by atomic mass is 16.6. The Labute approximate surface area is 111 Å². The van der Waals surface area contributed by atoms with E-state index in [1.807, 2.05) is 0 Å². The molecule has 0 radical (unpaired) electrons. The van der Waals surface area contributed by atoms with Crippen LogP contribution in [0.25, 0.3) is 0 Å². The Morgan fingerprint density at radius 1 is 1.26 bits per heavy atom. The Morgan fingerprint density at radius 3 is 2.53 bits per heavy atom. The van der Waals surface area contributed by atoms with Crippen molar-refractivity contribution in [3.8, 4) is 0 Å². The first-order valence-electron chi connectivity index (χ1n) is 6.38. The molecule has 0 aromatic heterocycles. The third-order valence-corrected chi connectivity index (χ3v) is 2.97. The van der Waals surface area contributed by atoms with Gasteiger partial charge in [0.15, 0.2) is 0 Å². The number of nitro groups is 1. The van der Waals surface area contributed by atoms with Crippen molar-refractivity contribution in [1.82, 2.24) is 10.6 Å². The van der Waals surface area contributed by atoms with Gasteiger partial charge in [0.05, 0.1) is 11.3 Å². The summed E-state index contributed by atoms with van der Waals surface area (Å²) in [4.78, 5) is 21.7. The van der Waals surface area contributed by atoms with E-state index in [2.05, 4.69) is 10.6 Å². The molecule has 0 heterocycles. The second-order valence-corrected chi connectivity index (χ2v) is 4.68. The van der Waals surface area contributed by atoms with Gasteiger partial charge in [-0.1, -0.05) is 12.1 Å². The third-order valence-electron chi connectivity index (χ3n) is 2.97. The van der Waals surface area contributed by atoms with E-state index in [0.29, 0.717) is 12.6 Å². The number of non-ortho nitro benzene ring substituents is 1. The van der Waals surface area contributed by atoms with Crippen molar-refractivity contribution >= 4 is 11.6 Å². The Morgan fingerprint density at radius 2 is 1.95 bits per heavy atom.